The van der Waals surface area contributed by atoms with Crippen molar-refractivity contribution in [1.29, 1.82) is 0 Å². The van der Waals surface area contributed by atoms with Crippen LogP contribution >= 0.6 is 0 Å². The molecule has 4 rings (SSSR count). The van der Waals surface area contributed by atoms with Crippen molar-refractivity contribution in [3.8, 4) is 0 Å². The first-order valence-corrected chi connectivity index (χ1v) is 12.7. The quantitative estimate of drug-likeness (QED) is 0.380. The highest BCUT2D eigenvalue weighted by atomic mass is 32.2. The number of amides is 1. The molecule has 11 nitrogen and oxygen atoms in total. The molecular formula is C23H27N5O6S. The Kier molecular flexibility index (Phi) is 7.31. The number of anilines is 1. The first-order chi connectivity index (χ1) is 16.8. The molecule has 3 atom stereocenters. The lowest BCUT2D eigenvalue weighted by molar-refractivity contribution is -0.138. The van der Waals surface area contributed by atoms with E-state index in [-0.39, 0.29) is 10.6 Å². The SMILES string of the molecule is O=C(NC[C@H](NS(=O)(=O)c1ccccc1)C(=O)O)C1=NOC2(CCC(CNc3ccccn3)C2)C1. The Labute approximate surface area is 203 Å². The fourth-order valence-electron chi connectivity index (χ4n) is 4.31. The zero-order valence-electron chi connectivity index (χ0n) is 18.9. The van der Waals surface area contributed by atoms with Crippen LogP contribution in [0.1, 0.15) is 25.7 Å². The van der Waals surface area contributed by atoms with Crippen LogP contribution in [0.25, 0.3) is 0 Å². The van der Waals surface area contributed by atoms with Gasteiger partial charge in [-0.15, -0.1) is 0 Å². The van der Waals surface area contributed by atoms with E-state index in [9.17, 15) is 23.1 Å². The molecule has 2 aromatic rings. The highest BCUT2D eigenvalue weighted by molar-refractivity contribution is 7.89. The summed E-state index contributed by atoms with van der Waals surface area (Å²) in [4.78, 5) is 34.1. The number of pyridine rings is 1. The molecule has 1 aliphatic carbocycles. The predicted octanol–water partition coefficient (Wildman–Crippen LogP) is 1.36. The summed E-state index contributed by atoms with van der Waals surface area (Å²) >= 11 is 0. The number of rotatable bonds is 10. The van der Waals surface area contributed by atoms with Gasteiger partial charge >= 0.3 is 5.97 Å². The van der Waals surface area contributed by atoms with Crippen molar-refractivity contribution in [3.63, 3.8) is 0 Å². The van der Waals surface area contributed by atoms with E-state index in [0.29, 0.717) is 12.3 Å². The third-order valence-electron chi connectivity index (χ3n) is 6.12. The maximum Gasteiger partial charge on any atom is 0.323 e. The maximum absolute atomic E-state index is 12.6. The summed E-state index contributed by atoms with van der Waals surface area (Å²) in [7, 11) is -4.07. The Morgan fingerprint density at radius 2 is 1.94 bits per heavy atom. The van der Waals surface area contributed by atoms with Gasteiger partial charge in [-0.1, -0.05) is 29.4 Å². The summed E-state index contributed by atoms with van der Waals surface area (Å²) in [6.45, 7) is 0.286. The molecule has 1 amide bonds. The number of hydrogen-bond donors (Lipinski definition) is 4. The van der Waals surface area contributed by atoms with Crippen molar-refractivity contribution < 1.29 is 28.0 Å². The van der Waals surface area contributed by atoms with Crippen molar-refractivity contribution in [1.82, 2.24) is 15.0 Å². The topological polar surface area (TPSA) is 159 Å². The molecule has 1 fully saturated rings. The van der Waals surface area contributed by atoms with Crippen LogP contribution in [0.2, 0.25) is 0 Å². The van der Waals surface area contributed by atoms with Crippen LogP contribution in [-0.4, -0.2) is 60.8 Å². The van der Waals surface area contributed by atoms with Crippen LogP contribution in [0.3, 0.4) is 0 Å². The average molecular weight is 502 g/mol. The molecule has 0 radical (unpaired) electrons. The van der Waals surface area contributed by atoms with E-state index >= 15 is 0 Å². The second kappa shape index (κ2) is 10.4. The Balaban J connectivity index is 1.27. The highest BCUT2D eigenvalue weighted by Gasteiger charge is 2.47. The predicted molar refractivity (Wildman–Crippen MR) is 127 cm³/mol. The first kappa shape index (κ1) is 24.6. The Hall–Kier alpha value is -3.51. The monoisotopic (exact) mass is 501 g/mol. The molecule has 186 valence electrons. The van der Waals surface area contributed by atoms with Gasteiger partial charge in [-0.25, -0.2) is 13.4 Å². The van der Waals surface area contributed by atoms with E-state index in [4.69, 9.17) is 4.84 Å². The number of aromatic nitrogens is 1. The third-order valence-corrected chi connectivity index (χ3v) is 7.61. The summed E-state index contributed by atoms with van der Waals surface area (Å²) in [5.41, 5.74) is -0.386. The van der Waals surface area contributed by atoms with Crippen LogP contribution in [0.5, 0.6) is 0 Å². The number of aliphatic carboxylic acids is 1. The molecule has 12 heteroatoms. The first-order valence-electron chi connectivity index (χ1n) is 11.2. The second-order valence-electron chi connectivity index (χ2n) is 8.73. The number of sulfonamides is 1. The number of carbonyl (C=O) groups is 2. The number of nitrogens with zero attached hydrogens (tertiary/aromatic N) is 2. The summed E-state index contributed by atoms with van der Waals surface area (Å²) in [5, 5.41) is 19.2. The molecule has 2 aliphatic rings. The molecule has 1 saturated carbocycles. The van der Waals surface area contributed by atoms with Gasteiger partial charge in [0, 0.05) is 25.7 Å². The number of carboxylic acids is 1. The fraction of sp³-hybridized carbons (Fsp3) is 0.391. The number of benzene rings is 1. The third kappa shape index (κ3) is 6.14. The van der Waals surface area contributed by atoms with Crippen molar-refractivity contribution in [2.75, 3.05) is 18.4 Å². The van der Waals surface area contributed by atoms with Gasteiger partial charge in [0.05, 0.1) is 4.90 Å². The zero-order valence-corrected chi connectivity index (χ0v) is 19.7. The molecule has 2 heterocycles. The van der Waals surface area contributed by atoms with Gasteiger partial charge in [0.25, 0.3) is 5.91 Å². The van der Waals surface area contributed by atoms with Gasteiger partial charge in [0.15, 0.2) is 0 Å². The van der Waals surface area contributed by atoms with Gasteiger partial charge in [-0.05, 0) is 49.4 Å². The molecular weight excluding hydrogens is 474 g/mol. The van der Waals surface area contributed by atoms with E-state index in [2.05, 4.69) is 25.5 Å². The van der Waals surface area contributed by atoms with Crippen molar-refractivity contribution >= 4 is 33.4 Å². The lowest BCUT2D eigenvalue weighted by atomic mass is 9.94. The molecule has 1 aromatic carbocycles. The smallest absolute Gasteiger partial charge is 0.323 e. The molecule has 2 unspecified atom stereocenters. The maximum atomic E-state index is 12.6. The molecule has 0 saturated heterocycles. The molecule has 1 aromatic heterocycles. The molecule has 1 aliphatic heterocycles. The van der Waals surface area contributed by atoms with Gasteiger partial charge in [0.1, 0.15) is 23.2 Å². The Morgan fingerprint density at radius 1 is 1.17 bits per heavy atom. The van der Waals surface area contributed by atoms with Crippen molar-refractivity contribution in [2.24, 2.45) is 11.1 Å². The van der Waals surface area contributed by atoms with E-state index in [1.54, 1.807) is 12.3 Å². The van der Waals surface area contributed by atoms with E-state index in [1.165, 1.54) is 24.3 Å². The normalized spacial score (nSPS) is 22.3. The van der Waals surface area contributed by atoms with Gasteiger partial charge in [0.2, 0.25) is 10.0 Å². The van der Waals surface area contributed by atoms with E-state index in [1.807, 2.05) is 18.2 Å². The second-order valence-corrected chi connectivity index (χ2v) is 10.4. The number of carbonyl (C=O) groups excluding carboxylic acids is 1. The summed E-state index contributed by atoms with van der Waals surface area (Å²) in [6.07, 6.45) is 4.41. The summed E-state index contributed by atoms with van der Waals surface area (Å²) in [6, 6.07) is 11.5. The Bertz CT molecular complexity index is 1190. The summed E-state index contributed by atoms with van der Waals surface area (Å²) < 4.78 is 27.0. The fourth-order valence-corrected chi connectivity index (χ4v) is 5.52. The highest BCUT2D eigenvalue weighted by Crippen LogP contribution is 2.43. The minimum atomic E-state index is -4.07. The number of oxime groups is 1. The molecule has 0 bridgehead atoms. The minimum Gasteiger partial charge on any atom is -0.480 e. The van der Waals surface area contributed by atoms with Crippen LogP contribution < -0.4 is 15.4 Å². The largest absolute Gasteiger partial charge is 0.480 e. The van der Waals surface area contributed by atoms with Crippen molar-refractivity contribution in [2.45, 2.75) is 42.2 Å². The van der Waals surface area contributed by atoms with Crippen LogP contribution in [0, 0.1) is 5.92 Å². The van der Waals surface area contributed by atoms with Crippen LogP contribution in [-0.2, 0) is 24.4 Å². The number of carboxylic acid groups (broad SMARTS) is 1. The number of hydrogen-bond acceptors (Lipinski definition) is 8. The standard InChI is InChI=1S/C23H27N5O6S/c29-21(26-15-19(22(30)31)28-35(32,33)17-6-2-1-3-7-17)18-13-23(34-27-18)10-9-16(12-23)14-25-20-8-4-5-11-24-20/h1-8,11,16,19,28H,9-10,12-15H2,(H,24,25)(H,26,29)(H,30,31)/t16?,19-,23?/m0/s1. The van der Waals surface area contributed by atoms with Crippen molar-refractivity contribution in [3.05, 3.63) is 54.7 Å². The summed E-state index contributed by atoms with van der Waals surface area (Å²) in [5.74, 6) is -0.863. The molecule has 1 spiro atoms. The minimum absolute atomic E-state index is 0.0681. The van der Waals surface area contributed by atoms with Gasteiger partial charge in [-0.3, -0.25) is 9.59 Å². The van der Waals surface area contributed by atoms with Gasteiger partial charge < -0.3 is 20.6 Å². The lowest BCUT2D eigenvalue weighted by Gasteiger charge is -2.21. The van der Waals surface area contributed by atoms with E-state index < -0.39 is 40.1 Å². The molecule has 4 N–H and O–H groups in total. The average Bonchev–Trinajstić information content (AvgIpc) is 3.47. The van der Waals surface area contributed by atoms with Crippen LogP contribution in [0.15, 0.2) is 64.8 Å². The van der Waals surface area contributed by atoms with E-state index in [0.717, 1.165) is 31.6 Å². The molecule has 35 heavy (non-hydrogen) atoms. The van der Waals surface area contributed by atoms with Gasteiger partial charge in [-0.2, -0.15) is 4.72 Å². The Morgan fingerprint density at radius 3 is 2.66 bits per heavy atom. The zero-order chi connectivity index (χ0) is 24.9. The number of nitrogens with one attached hydrogen (secondary N) is 3. The van der Waals surface area contributed by atoms with Crippen LogP contribution in [0.4, 0.5) is 5.82 Å². The lowest BCUT2D eigenvalue weighted by Crippen LogP contribution is -2.49.